The number of aldehydes is 2. The predicted molar refractivity (Wildman–Crippen MR) is 34.8 cm³/mol. The third-order valence-corrected chi connectivity index (χ3v) is 1.12. The minimum atomic E-state index is -0.160. The van der Waals surface area contributed by atoms with E-state index in [1.54, 1.807) is 0 Å². The van der Waals surface area contributed by atoms with Gasteiger partial charge in [-0.1, -0.05) is 13.3 Å². The maximum Gasteiger partial charge on any atom is 0.124 e. The second-order valence-electron chi connectivity index (χ2n) is 1.92. The molecule has 0 aliphatic rings. The van der Waals surface area contributed by atoms with E-state index in [9.17, 15) is 9.59 Å². The Balaban J connectivity index is 3.40. The van der Waals surface area contributed by atoms with Crippen molar-refractivity contribution in [2.45, 2.75) is 19.8 Å². The standard InChI is InChI=1S/C7H11O2/c1-2-3-7(6-9)4-5-8/h4-7H,2-3H2,1H3. The summed E-state index contributed by atoms with van der Waals surface area (Å²) >= 11 is 0. The largest absolute Gasteiger partial charge is 0.303 e. The lowest BCUT2D eigenvalue weighted by Gasteiger charge is -2.00. The molecule has 0 aliphatic carbocycles. The van der Waals surface area contributed by atoms with Crippen LogP contribution in [0.15, 0.2) is 0 Å². The van der Waals surface area contributed by atoms with Crippen molar-refractivity contribution in [2.24, 2.45) is 5.92 Å². The second-order valence-corrected chi connectivity index (χ2v) is 1.92. The van der Waals surface area contributed by atoms with E-state index < -0.39 is 0 Å². The highest BCUT2D eigenvalue weighted by Crippen LogP contribution is 2.03. The zero-order valence-electron chi connectivity index (χ0n) is 5.54. The number of rotatable bonds is 5. The van der Waals surface area contributed by atoms with Crippen LogP contribution >= 0.6 is 0 Å². The van der Waals surface area contributed by atoms with Crippen LogP contribution in [0.2, 0.25) is 0 Å². The summed E-state index contributed by atoms with van der Waals surface area (Å²) in [7, 11) is 0. The van der Waals surface area contributed by atoms with Crippen molar-refractivity contribution in [1.29, 1.82) is 0 Å². The fraction of sp³-hybridized carbons (Fsp3) is 0.571. The first-order chi connectivity index (χ1) is 4.35. The van der Waals surface area contributed by atoms with Crippen LogP contribution in [0.4, 0.5) is 0 Å². The first-order valence-corrected chi connectivity index (χ1v) is 3.09. The molecule has 0 heterocycles. The summed E-state index contributed by atoms with van der Waals surface area (Å²) in [4.78, 5) is 19.9. The number of carbonyl (C=O) groups excluding carboxylic acids is 2. The molecule has 2 nitrogen and oxygen atoms in total. The topological polar surface area (TPSA) is 34.1 Å². The van der Waals surface area contributed by atoms with Crippen molar-refractivity contribution in [3.05, 3.63) is 6.42 Å². The predicted octanol–water partition coefficient (Wildman–Crippen LogP) is 1.00. The summed E-state index contributed by atoms with van der Waals surface area (Å²) in [5.74, 6) is -0.160. The fourth-order valence-electron chi connectivity index (χ4n) is 0.644. The molecule has 1 unspecified atom stereocenters. The van der Waals surface area contributed by atoms with Gasteiger partial charge >= 0.3 is 0 Å². The van der Waals surface area contributed by atoms with Crippen LogP contribution in [0.25, 0.3) is 0 Å². The summed E-state index contributed by atoms with van der Waals surface area (Å²) in [6.45, 7) is 1.98. The number of carbonyl (C=O) groups is 2. The van der Waals surface area contributed by atoms with Crippen molar-refractivity contribution in [3.63, 3.8) is 0 Å². The second kappa shape index (κ2) is 5.48. The lowest BCUT2D eigenvalue weighted by molar-refractivity contribution is -0.112. The van der Waals surface area contributed by atoms with Gasteiger partial charge in [0.25, 0.3) is 0 Å². The summed E-state index contributed by atoms with van der Waals surface area (Å²) in [6, 6.07) is 0. The Morgan fingerprint density at radius 2 is 2.11 bits per heavy atom. The third kappa shape index (κ3) is 3.88. The number of hydrogen-bond donors (Lipinski definition) is 0. The van der Waals surface area contributed by atoms with Gasteiger partial charge in [0.15, 0.2) is 0 Å². The highest BCUT2D eigenvalue weighted by Gasteiger charge is 2.03. The molecule has 0 fully saturated rings. The van der Waals surface area contributed by atoms with E-state index in [-0.39, 0.29) is 5.92 Å². The SMILES string of the molecule is CCCC([CH]C=O)C=O. The molecule has 1 radical (unpaired) electrons. The molecule has 0 aromatic heterocycles. The van der Waals surface area contributed by atoms with Crippen LogP contribution < -0.4 is 0 Å². The van der Waals surface area contributed by atoms with E-state index in [1.807, 2.05) is 6.92 Å². The van der Waals surface area contributed by atoms with Gasteiger partial charge in [-0.15, -0.1) is 0 Å². The Labute approximate surface area is 55.3 Å². The lowest BCUT2D eigenvalue weighted by atomic mass is 10.0. The summed E-state index contributed by atoms with van der Waals surface area (Å²) in [5, 5.41) is 0. The van der Waals surface area contributed by atoms with Gasteiger partial charge in [-0.05, 0) is 6.42 Å². The van der Waals surface area contributed by atoms with Crippen LogP contribution in [-0.4, -0.2) is 12.6 Å². The van der Waals surface area contributed by atoms with Crippen LogP contribution in [0.3, 0.4) is 0 Å². The van der Waals surface area contributed by atoms with Gasteiger partial charge in [-0.25, -0.2) is 0 Å². The van der Waals surface area contributed by atoms with Crippen LogP contribution in [0.1, 0.15) is 19.8 Å². The Kier molecular flexibility index (Phi) is 5.07. The fourth-order valence-corrected chi connectivity index (χ4v) is 0.644. The molecule has 0 N–H and O–H groups in total. The first kappa shape index (κ1) is 8.34. The molecular formula is C7H11O2. The van der Waals surface area contributed by atoms with Crippen LogP contribution in [-0.2, 0) is 9.59 Å². The third-order valence-electron chi connectivity index (χ3n) is 1.12. The molecule has 0 saturated carbocycles. The zero-order valence-corrected chi connectivity index (χ0v) is 5.54. The highest BCUT2D eigenvalue weighted by atomic mass is 16.1. The molecule has 9 heavy (non-hydrogen) atoms. The van der Waals surface area contributed by atoms with Gasteiger partial charge in [-0.2, -0.15) is 0 Å². The quantitative estimate of drug-likeness (QED) is 0.516. The van der Waals surface area contributed by atoms with E-state index in [1.165, 1.54) is 6.42 Å². The molecule has 0 aromatic rings. The molecule has 1 atom stereocenters. The van der Waals surface area contributed by atoms with Crippen molar-refractivity contribution < 1.29 is 9.59 Å². The average Bonchev–Trinajstić information content (AvgIpc) is 1.88. The first-order valence-electron chi connectivity index (χ1n) is 3.09. The maximum absolute atomic E-state index is 10.1. The Hall–Kier alpha value is -0.660. The molecule has 0 amide bonds. The van der Waals surface area contributed by atoms with Gasteiger partial charge < -0.3 is 9.59 Å². The minimum Gasteiger partial charge on any atom is -0.303 e. The van der Waals surface area contributed by atoms with Crippen molar-refractivity contribution in [3.8, 4) is 0 Å². The summed E-state index contributed by atoms with van der Waals surface area (Å²) < 4.78 is 0. The smallest absolute Gasteiger partial charge is 0.124 e. The van der Waals surface area contributed by atoms with Crippen molar-refractivity contribution >= 4 is 12.6 Å². The molecule has 0 bridgehead atoms. The molecule has 0 spiro atoms. The lowest BCUT2D eigenvalue weighted by Crippen LogP contribution is -2.02. The van der Waals surface area contributed by atoms with Gasteiger partial charge in [0, 0.05) is 12.3 Å². The Bertz CT molecular complexity index is 88.9. The highest BCUT2D eigenvalue weighted by molar-refractivity contribution is 5.70. The minimum absolute atomic E-state index is 0.160. The van der Waals surface area contributed by atoms with Crippen molar-refractivity contribution in [1.82, 2.24) is 0 Å². The number of hydrogen-bond acceptors (Lipinski definition) is 2. The summed E-state index contributed by atoms with van der Waals surface area (Å²) in [5.41, 5.74) is 0. The van der Waals surface area contributed by atoms with E-state index in [0.29, 0.717) is 6.29 Å². The van der Waals surface area contributed by atoms with E-state index in [2.05, 4.69) is 0 Å². The zero-order chi connectivity index (χ0) is 7.11. The average molecular weight is 127 g/mol. The molecular weight excluding hydrogens is 116 g/mol. The normalized spacial score (nSPS) is 12.6. The maximum atomic E-state index is 10.1. The van der Waals surface area contributed by atoms with Crippen molar-refractivity contribution in [2.75, 3.05) is 0 Å². The monoisotopic (exact) mass is 127 g/mol. The van der Waals surface area contributed by atoms with Gasteiger partial charge in [0.2, 0.25) is 0 Å². The van der Waals surface area contributed by atoms with E-state index in [0.717, 1.165) is 19.1 Å². The van der Waals surface area contributed by atoms with E-state index >= 15 is 0 Å². The molecule has 2 heteroatoms. The molecule has 0 aromatic carbocycles. The molecule has 0 aliphatic heterocycles. The van der Waals surface area contributed by atoms with Gasteiger partial charge in [0.05, 0.1) is 0 Å². The molecule has 0 rings (SSSR count). The Morgan fingerprint density at radius 1 is 1.44 bits per heavy atom. The van der Waals surface area contributed by atoms with Crippen LogP contribution in [0.5, 0.6) is 0 Å². The van der Waals surface area contributed by atoms with Crippen LogP contribution in [0, 0.1) is 12.3 Å². The van der Waals surface area contributed by atoms with Gasteiger partial charge in [0.1, 0.15) is 12.6 Å². The summed E-state index contributed by atoms with van der Waals surface area (Å²) in [6.07, 6.45) is 4.58. The van der Waals surface area contributed by atoms with E-state index in [4.69, 9.17) is 0 Å². The van der Waals surface area contributed by atoms with Gasteiger partial charge in [-0.3, -0.25) is 0 Å². The molecule has 0 saturated heterocycles. The Morgan fingerprint density at radius 3 is 2.44 bits per heavy atom. The molecule has 51 valence electrons.